The Balaban J connectivity index is 1.44. The van der Waals surface area contributed by atoms with E-state index in [9.17, 15) is 9.59 Å². The van der Waals surface area contributed by atoms with Gasteiger partial charge in [0, 0.05) is 25.7 Å². The third-order valence-corrected chi connectivity index (χ3v) is 4.93. The number of carbonyl (C=O) groups is 2. The van der Waals surface area contributed by atoms with E-state index in [-0.39, 0.29) is 18.3 Å². The van der Waals surface area contributed by atoms with Gasteiger partial charge in [-0.3, -0.25) is 20.1 Å². The van der Waals surface area contributed by atoms with Gasteiger partial charge in [0.15, 0.2) is 0 Å². The van der Waals surface area contributed by atoms with Crippen molar-refractivity contribution in [2.24, 2.45) is 5.10 Å². The van der Waals surface area contributed by atoms with Crippen LogP contribution in [0.5, 0.6) is 5.75 Å². The molecule has 32 heavy (non-hydrogen) atoms. The molecule has 0 spiro atoms. The van der Waals surface area contributed by atoms with Gasteiger partial charge in [-0.2, -0.15) is 5.10 Å². The lowest BCUT2D eigenvalue weighted by Gasteiger charge is -2.20. The average Bonchev–Trinajstić information content (AvgIpc) is 3.24. The number of amides is 2. The number of hydrazone groups is 1. The molecule has 164 valence electrons. The molecule has 10 heteroatoms. The number of carbonyl (C=O) groups excluding carboxylic acids is 2. The summed E-state index contributed by atoms with van der Waals surface area (Å²) in [4.78, 5) is 31.3. The minimum Gasteiger partial charge on any atom is -0.489 e. The van der Waals surface area contributed by atoms with E-state index >= 15 is 0 Å². The molecule has 1 atom stereocenters. The Hall–Kier alpha value is -4.21. The summed E-state index contributed by atoms with van der Waals surface area (Å²) in [6.07, 6.45) is 2.14. The molecule has 3 aromatic rings. The minimum atomic E-state index is -0.888. The smallest absolute Gasteiger partial charge is 0.291 e. The summed E-state index contributed by atoms with van der Waals surface area (Å²) in [5.41, 5.74) is 5.23. The number of ether oxygens (including phenoxy) is 1. The molecule has 10 nitrogen and oxygen atoms in total. The lowest BCUT2D eigenvalue weighted by molar-refractivity contribution is -0.120. The van der Waals surface area contributed by atoms with E-state index < -0.39 is 11.9 Å². The molecule has 0 saturated carbocycles. The van der Waals surface area contributed by atoms with E-state index in [2.05, 4.69) is 31.0 Å². The first-order valence-electron chi connectivity index (χ1n) is 10.1. The van der Waals surface area contributed by atoms with Crippen LogP contribution in [0.3, 0.4) is 0 Å². The molecule has 1 aliphatic rings. The van der Waals surface area contributed by atoms with Gasteiger partial charge in [-0.15, -0.1) is 5.10 Å². The van der Waals surface area contributed by atoms with Crippen molar-refractivity contribution < 1.29 is 14.3 Å². The number of aromatic nitrogens is 3. The highest BCUT2D eigenvalue weighted by Crippen LogP contribution is 2.33. The van der Waals surface area contributed by atoms with Crippen molar-refractivity contribution in [2.75, 3.05) is 24.0 Å². The van der Waals surface area contributed by atoms with Crippen LogP contribution in [-0.2, 0) is 11.2 Å². The second kappa shape index (κ2) is 9.29. The highest BCUT2D eigenvalue weighted by molar-refractivity contribution is 6.02. The Morgan fingerprint density at radius 3 is 2.91 bits per heavy atom. The Labute approximate surface area is 184 Å². The molecule has 0 unspecified atom stereocenters. The summed E-state index contributed by atoms with van der Waals surface area (Å²) >= 11 is 0. The lowest BCUT2D eigenvalue weighted by atomic mass is 10.1. The molecule has 2 heterocycles. The van der Waals surface area contributed by atoms with Gasteiger partial charge in [0.1, 0.15) is 24.2 Å². The summed E-state index contributed by atoms with van der Waals surface area (Å²) in [6.45, 7) is 1.77. The highest BCUT2D eigenvalue weighted by atomic mass is 16.5. The molecule has 2 amide bonds. The number of hydrogen-bond donors (Lipinski definition) is 3. The first kappa shape index (κ1) is 21.0. The first-order valence-corrected chi connectivity index (χ1v) is 10.1. The van der Waals surface area contributed by atoms with Crippen LogP contribution in [0, 0.1) is 0 Å². The third-order valence-electron chi connectivity index (χ3n) is 4.93. The van der Waals surface area contributed by atoms with Crippen molar-refractivity contribution in [1.29, 1.82) is 0 Å². The number of nitrogens with zero attached hydrogens (tertiary/aromatic N) is 4. The zero-order chi connectivity index (χ0) is 22.5. The number of aromatic amines is 1. The molecule has 3 N–H and O–H groups in total. The van der Waals surface area contributed by atoms with Crippen LogP contribution in [0.2, 0.25) is 0 Å². The number of benzene rings is 2. The Morgan fingerprint density at radius 2 is 2.12 bits per heavy atom. The molecule has 0 radical (unpaired) electrons. The van der Waals surface area contributed by atoms with Gasteiger partial charge in [-0.1, -0.05) is 30.3 Å². The van der Waals surface area contributed by atoms with Gasteiger partial charge >= 0.3 is 0 Å². The largest absolute Gasteiger partial charge is 0.489 e. The molecule has 0 fully saturated rings. The quantitative estimate of drug-likeness (QED) is 0.403. The van der Waals surface area contributed by atoms with Crippen LogP contribution in [-0.4, -0.2) is 52.9 Å². The lowest BCUT2D eigenvalue weighted by Crippen LogP contribution is -2.49. The van der Waals surface area contributed by atoms with E-state index in [0.29, 0.717) is 23.7 Å². The maximum absolute atomic E-state index is 12.9. The Bertz CT molecular complexity index is 1140. The standard InChI is InChI=1S/C22H23N7O3/c1-3-23-26-15-9-10-17-18(12-15)32-13-16(22(31)29(17)2)24-21(30)20-25-19(27-28-20)11-14-7-5-4-6-8-14/h3-10,12,16,26H,11,13H2,1-2H3,(H,24,30)(H,25,27,28)/b23-3-/t16-/m0/s1. The fourth-order valence-electron chi connectivity index (χ4n) is 3.30. The summed E-state index contributed by atoms with van der Waals surface area (Å²) < 4.78 is 5.83. The van der Waals surface area contributed by atoms with Crippen LogP contribution in [0.1, 0.15) is 28.9 Å². The predicted molar refractivity (Wildman–Crippen MR) is 120 cm³/mol. The van der Waals surface area contributed by atoms with E-state index in [1.165, 1.54) is 4.90 Å². The van der Waals surface area contributed by atoms with E-state index in [1.807, 2.05) is 30.3 Å². The van der Waals surface area contributed by atoms with Crippen LogP contribution >= 0.6 is 0 Å². The van der Waals surface area contributed by atoms with Gasteiger partial charge in [-0.05, 0) is 24.6 Å². The predicted octanol–water partition coefficient (Wildman–Crippen LogP) is 1.97. The zero-order valence-electron chi connectivity index (χ0n) is 17.7. The normalized spacial score (nSPS) is 15.8. The maximum Gasteiger partial charge on any atom is 0.291 e. The second-order valence-corrected chi connectivity index (χ2v) is 7.18. The van der Waals surface area contributed by atoms with Crippen molar-refractivity contribution in [2.45, 2.75) is 19.4 Å². The van der Waals surface area contributed by atoms with Crippen molar-refractivity contribution in [3.8, 4) is 5.75 Å². The number of anilines is 2. The molecular formula is C22H23N7O3. The molecule has 0 bridgehead atoms. The molecule has 0 aliphatic carbocycles. The molecule has 1 aliphatic heterocycles. The van der Waals surface area contributed by atoms with Crippen molar-refractivity contribution in [1.82, 2.24) is 20.5 Å². The SMILES string of the molecule is C/C=N\Nc1ccc2c(c1)OC[C@H](NC(=O)c1n[nH]c(Cc3ccccc3)n1)C(=O)N2C. The van der Waals surface area contributed by atoms with Gasteiger partial charge < -0.3 is 15.0 Å². The number of likely N-dealkylation sites (N-methyl/N-ethyl adjacent to an activating group) is 1. The van der Waals surface area contributed by atoms with Crippen molar-refractivity contribution in [3.63, 3.8) is 0 Å². The zero-order valence-corrected chi connectivity index (χ0v) is 17.7. The number of hydrogen-bond acceptors (Lipinski definition) is 7. The minimum absolute atomic E-state index is 0.0241. The van der Waals surface area contributed by atoms with Crippen LogP contribution in [0.25, 0.3) is 0 Å². The molecule has 2 aromatic carbocycles. The van der Waals surface area contributed by atoms with E-state index in [0.717, 1.165) is 11.3 Å². The monoisotopic (exact) mass is 433 g/mol. The molecular weight excluding hydrogens is 410 g/mol. The summed E-state index contributed by atoms with van der Waals surface area (Å²) in [7, 11) is 1.64. The van der Waals surface area contributed by atoms with E-state index in [4.69, 9.17) is 4.74 Å². The van der Waals surface area contributed by atoms with Crippen molar-refractivity contribution in [3.05, 3.63) is 65.7 Å². The molecule has 1 aromatic heterocycles. The van der Waals surface area contributed by atoms with Crippen molar-refractivity contribution >= 4 is 29.4 Å². The molecule has 4 rings (SSSR count). The number of nitrogens with one attached hydrogen (secondary N) is 3. The topological polar surface area (TPSA) is 125 Å². The summed E-state index contributed by atoms with van der Waals surface area (Å²) in [6, 6.07) is 14.1. The molecule has 0 saturated heterocycles. The van der Waals surface area contributed by atoms with Crippen LogP contribution in [0.4, 0.5) is 11.4 Å². The number of rotatable bonds is 6. The summed E-state index contributed by atoms with van der Waals surface area (Å²) in [5, 5.41) is 13.4. The van der Waals surface area contributed by atoms with E-state index in [1.54, 1.807) is 38.4 Å². The van der Waals surface area contributed by atoms with Gasteiger partial charge in [0.2, 0.25) is 5.82 Å². The second-order valence-electron chi connectivity index (χ2n) is 7.18. The average molecular weight is 433 g/mol. The highest BCUT2D eigenvalue weighted by Gasteiger charge is 2.31. The maximum atomic E-state index is 12.9. The fourth-order valence-corrected chi connectivity index (χ4v) is 3.30. The Morgan fingerprint density at radius 1 is 1.31 bits per heavy atom. The fraction of sp³-hybridized carbons (Fsp3) is 0.227. The van der Waals surface area contributed by atoms with Crippen LogP contribution in [0.15, 0.2) is 53.6 Å². The van der Waals surface area contributed by atoms with Crippen LogP contribution < -0.4 is 20.4 Å². The van der Waals surface area contributed by atoms with Gasteiger partial charge in [0.25, 0.3) is 11.8 Å². The number of H-pyrrole nitrogens is 1. The Kier molecular flexibility index (Phi) is 6.11. The summed E-state index contributed by atoms with van der Waals surface area (Å²) in [5.74, 6) is 0.184. The van der Waals surface area contributed by atoms with Gasteiger partial charge in [-0.25, -0.2) is 4.98 Å². The van der Waals surface area contributed by atoms with Gasteiger partial charge in [0.05, 0.1) is 11.4 Å². The first-order chi connectivity index (χ1) is 15.5. The third kappa shape index (κ3) is 4.59. The number of fused-ring (bicyclic) bond motifs is 1.